The molecule has 4 amide bonds. The fourth-order valence-electron chi connectivity index (χ4n) is 5.94. The molecule has 3 N–H and O–H groups in total. The lowest BCUT2D eigenvalue weighted by molar-refractivity contribution is -0.137. The molecule has 1 aromatic heterocycles. The van der Waals surface area contributed by atoms with E-state index in [1.54, 1.807) is 24.0 Å². The van der Waals surface area contributed by atoms with Gasteiger partial charge in [-0.05, 0) is 62.4 Å². The molecule has 1 saturated heterocycles. The number of aryl methyl sites for hydroxylation is 1. The van der Waals surface area contributed by atoms with E-state index in [0.29, 0.717) is 44.2 Å². The average molecular weight is 612 g/mol. The highest BCUT2D eigenvalue weighted by Crippen LogP contribution is 2.32. The van der Waals surface area contributed by atoms with Crippen LogP contribution in [-0.2, 0) is 27.3 Å². The lowest BCUT2D eigenvalue weighted by atomic mass is 9.81. The largest absolute Gasteiger partial charge is 0.344 e. The van der Waals surface area contributed by atoms with E-state index < -0.39 is 17.8 Å². The first-order valence-electron chi connectivity index (χ1n) is 15.8. The van der Waals surface area contributed by atoms with Gasteiger partial charge in [0.25, 0.3) is 5.91 Å². The molecule has 0 spiro atoms. The Morgan fingerprint density at radius 1 is 1.00 bits per heavy atom. The summed E-state index contributed by atoms with van der Waals surface area (Å²) in [4.78, 5) is 56.1. The van der Waals surface area contributed by atoms with Crippen LogP contribution in [0.25, 0.3) is 0 Å². The molecule has 1 aliphatic carbocycles. The molecule has 44 heavy (non-hydrogen) atoms. The van der Waals surface area contributed by atoms with Crippen LogP contribution < -0.4 is 16.0 Å². The molecule has 0 unspecified atom stereocenters. The second kappa shape index (κ2) is 15.3. The minimum absolute atomic E-state index is 0.0120. The van der Waals surface area contributed by atoms with Gasteiger partial charge < -0.3 is 25.8 Å². The number of anilines is 2. The summed E-state index contributed by atoms with van der Waals surface area (Å²) in [6.45, 7) is 8.71. The first-order chi connectivity index (χ1) is 21.1. The van der Waals surface area contributed by atoms with E-state index in [-0.39, 0.29) is 60.0 Å². The Labute approximate surface area is 258 Å². The smallest absolute Gasteiger partial charge is 0.273 e. The van der Waals surface area contributed by atoms with Gasteiger partial charge in [-0.2, -0.15) is 5.10 Å². The summed E-state index contributed by atoms with van der Waals surface area (Å²) in [6.07, 6.45) is 6.02. The van der Waals surface area contributed by atoms with Crippen LogP contribution in [0.15, 0.2) is 24.4 Å². The minimum atomic E-state index is -0.913. The van der Waals surface area contributed by atoms with Crippen molar-refractivity contribution in [2.45, 2.75) is 78.3 Å². The first-order valence-corrected chi connectivity index (χ1v) is 15.8. The number of aromatic nitrogens is 2. The van der Waals surface area contributed by atoms with E-state index in [0.717, 1.165) is 25.7 Å². The second-order valence-electron chi connectivity index (χ2n) is 12.2. The molecule has 2 fully saturated rings. The number of hydrogen-bond donors (Lipinski definition) is 3. The van der Waals surface area contributed by atoms with Gasteiger partial charge in [0, 0.05) is 58.2 Å². The molecule has 4 rings (SSSR count). The van der Waals surface area contributed by atoms with Gasteiger partial charge in [0.2, 0.25) is 17.7 Å². The number of nitrogens with one attached hydrogen (secondary N) is 3. The lowest BCUT2D eigenvalue weighted by Gasteiger charge is -2.35. The van der Waals surface area contributed by atoms with Gasteiger partial charge in [0.15, 0.2) is 0 Å². The molecular formula is C32H46FN7O4. The zero-order chi connectivity index (χ0) is 31.8. The minimum Gasteiger partial charge on any atom is -0.344 e. The molecule has 2 aromatic rings. The van der Waals surface area contributed by atoms with Gasteiger partial charge in [-0.25, -0.2) is 4.39 Å². The zero-order valence-corrected chi connectivity index (χ0v) is 26.3. The summed E-state index contributed by atoms with van der Waals surface area (Å²) < 4.78 is 17.4. The van der Waals surface area contributed by atoms with E-state index in [4.69, 9.17) is 0 Å². The maximum Gasteiger partial charge on any atom is 0.273 e. The summed E-state index contributed by atoms with van der Waals surface area (Å²) in [7, 11) is 1.99. The fraction of sp³-hybridized carbons (Fsp3) is 0.594. The van der Waals surface area contributed by atoms with Crippen LogP contribution >= 0.6 is 0 Å². The molecule has 11 nitrogen and oxygen atoms in total. The molecular weight excluding hydrogens is 565 g/mol. The number of carbonyl (C=O) groups is 4. The van der Waals surface area contributed by atoms with Crippen molar-refractivity contribution in [1.82, 2.24) is 24.9 Å². The predicted octanol–water partition coefficient (Wildman–Crippen LogP) is 3.66. The molecule has 1 atom stereocenters. The summed E-state index contributed by atoms with van der Waals surface area (Å²) >= 11 is 0. The van der Waals surface area contributed by atoms with Crippen molar-refractivity contribution in [3.63, 3.8) is 0 Å². The molecule has 12 heteroatoms. The van der Waals surface area contributed by atoms with Gasteiger partial charge in [-0.15, -0.1) is 0 Å². The van der Waals surface area contributed by atoms with Crippen LogP contribution in [0.1, 0.15) is 75.3 Å². The fourth-order valence-corrected chi connectivity index (χ4v) is 5.94. The molecule has 1 saturated carbocycles. The van der Waals surface area contributed by atoms with Crippen molar-refractivity contribution in [2.75, 3.05) is 43.9 Å². The Balaban J connectivity index is 1.61. The van der Waals surface area contributed by atoms with Crippen molar-refractivity contribution in [3.05, 3.63) is 41.5 Å². The maximum absolute atomic E-state index is 15.8. The predicted molar refractivity (Wildman–Crippen MR) is 167 cm³/mol. The number of rotatable bonds is 11. The third-order valence-corrected chi connectivity index (χ3v) is 8.73. The van der Waals surface area contributed by atoms with Gasteiger partial charge in [-0.1, -0.05) is 26.7 Å². The number of likely N-dealkylation sites (N-methyl/N-ethyl adjacent to an activating group) is 1. The number of piperazine rings is 1. The number of nitrogens with zero attached hydrogens (tertiary/aromatic N) is 4. The normalized spacial score (nSPS) is 19.7. The molecule has 2 aliphatic rings. The monoisotopic (exact) mass is 611 g/mol. The maximum atomic E-state index is 15.8. The van der Waals surface area contributed by atoms with Crippen molar-refractivity contribution in [2.24, 2.45) is 11.8 Å². The van der Waals surface area contributed by atoms with E-state index in [1.165, 1.54) is 16.9 Å². The van der Waals surface area contributed by atoms with Gasteiger partial charge in [0.05, 0.1) is 5.69 Å². The highest BCUT2D eigenvalue weighted by atomic mass is 19.1. The van der Waals surface area contributed by atoms with Crippen LogP contribution in [0.3, 0.4) is 0 Å². The van der Waals surface area contributed by atoms with Crippen molar-refractivity contribution in [1.29, 1.82) is 0 Å². The molecule has 0 bridgehead atoms. The van der Waals surface area contributed by atoms with Gasteiger partial charge in [0.1, 0.15) is 23.2 Å². The zero-order valence-electron chi connectivity index (χ0n) is 26.3. The summed E-state index contributed by atoms with van der Waals surface area (Å²) in [5.74, 6) is -1.22. The third-order valence-electron chi connectivity index (χ3n) is 8.73. The lowest BCUT2D eigenvalue weighted by Crippen LogP contribution is -2.54. The number of carbonyl (C=O) groups excluding carboxylic acids is 4. The Hall–Kier alpha value is -3.80. The van der Waals surface area contributed by atoms with E-state index in [2.05, 4.69) is 32.9 Å². The SMILES string of the molecule is CCC(=O)N[C@H](Cc1cc(F)c(NC(=O)CC2CCC(C)CC2)c(NC(=O)c2ccnn2CC)c1)C(=O)N1CCN(C)CC1. The van der Waals surface area contributed by atoms with Crippen LogP contribution in [-0.4, -0.2) is 82.5 Å². The second-order valence-corrected chi connectivity index (χ2v) is 12.2. The number of hydrogen-bond acceptors (Lipinski definition) is 6. The van der Waals surface area contributed by atoms with E-state index in [9.17, 15) is 19.2 Å². The summed E-state index contributed by atoms with van der Waals surface area (Å²) in [5, 5.41) is 12.4. The van der Waals surface area contributed by atoms with Crippen LogP contribution in [0.4, 0.5) is 15.8 Å². The van der Waals surface area contributed by atoms with Crippen molar-refractivity contribution >= 4 is 35.0 Å². The Morgan fingerprint density at radius 3 is 2.36 bits per heavy atom. The van der Waals surface area contributed by atoms with Crippen molar-refractivity contribution in [3.8, 4) is 0 Å². The van der Waals surface area contributed by atoms with E-state index in [1.807, 2.05) is 14.0 Å². The molecule has 1 aliphatic heterocycles. The van der Waals surface area contributed by atoms with Crippen LogP contribution in [0, 0.1) is 17.7 Å². The Kier molecular flexibility index (Phi) is 11.5. The summed E-state index contributed by atoms with van der Waals surface area (Å²) in [6, 6.07) is 3.47. The molecule has 240 valence electrons. The standard InChI is InChI=1S/C32H46FN7O4/c1-5-28(41)35-26(32(44)39-15-13-38(4)14-16-39)19-23-17-24(33)30(37-29(42)20-22-9-7-21(3)8-10-22)25(18-23)36-31(43)27-11-12-34-40(27)6-2/h11-12,17-18,21-22,26H,5-10,13-16,19-20H2,1-4H3,(H,35,41)(H,36,43)(H,37,42)/t21?,22?,26-/m1/s1. The highest BCUT2D eigenvalue weighted by molar-refractivity contribution is 6.06. The topological polar surface area (TPSA) is 129 Å². The first kappa shape index (κ1) is 33.1. The highest BCUT2D eigenvalue weighted by Gasteiger charge is 2.29. The molecule has 1 aromatic carbocycles. The van der Waals surface area contributed by atoms with E-state index >= 15 is 4.39 Å². The number of amides is 4. The number of benzene rings is 1. The Morgan fingerprint density at radius 2 is 1.70 bits per heavy atom. The van der Waals surface area contributed by atoms with Gasteiger partial charge in [-0.3, -0.25) is 23.9 Å². The van der Waals surface area contributed by atoms with Gasteiger partial charge >= 0.3 is 0 Å². The number of halogens is 1. The quantitative estimate of drug-likeness (QED) is 0.356. The Bertz CT molecular complexity index is 1330. The van der Waals surface area contributed by atoms with Crippen molar-refractivity contribution < 1.29 is 23.6 Å². The molecule has 0 radical (unpaired) electrons. The average Bonchev–Trinajstić information content (AvgIpc) is 3.49. The van der Waals surface area contributed by atoms with Crippen LogP contribution in [0.2, 0.25) is 0 Å². The third kappa shape index (κ3) is 8.64. The molecule has 2 heterocycles. The summed E-state index contributed by atoms with van der Waals surface area (Å²) in [5.41, 5.74) is 0.626. The van der Waals surface area contributed by atoms with Crippen LogP contribution in [0.5, 0.6) is 0 Å².